The van der Waals surface area contributed by atoms with Crippen LogP contribution in [0, 0.1) is 0 Å². The van der Waals surface area contributed by atoms with Gasteiger partial charge in [-0.15, -0.1) is 0 Å². The van der Waals surface area contributed by atoms with E-state index in [1.165, 1.54) is 0 Å². The topological polar surface area (TPSA) is 177 Å². The van der Waals surface area contributed by atoms with Gasteiger partial charge in [-0.2, -0.15) is 0 Å². The Morgan fingerprint density at radius 3 is 2.36 bits per heavy atom. The van der Waals surface area contributed by atoms with Crippen LogP contribution in [0.15, 0.2) is 0 Å². The van der Waals surface area contributed by atoms with Crippen LogP contribution < -0.4 is 5.32 Å². The summed E-state index contributed by atoms with van der Waals surface area (Å²) in [6.45, 7) is 0.0400. The van der Waals surface area contributed by atoms with E-state index in [-0.39, 0.29) is 0 Å². The Hall–Kier alpha value is -1.37. The Bertz CT molecular complexity index is 436. The SMILES string of the molecule is CC(=O)N[C@@H]1[C@@H](O)[C@@H](F)[C@@](O)(C(=O)O)O[C@H]1[C@H](O)[C@H](O)CO. The van der Waals surface area contributed by atoms with E-state index in [0.29, 0.717) is 0 Å². The number of carbonyl (C=O) groups is 2. The maximum atomic E-state index is 13.9. The van der Waals surface area contributed by atoms with Crippen molar-refractivity contribution in [1.29, 1.82) is 0 Å². The molecule has 0 saturated carbocycles. The molecule has 1 amide bonds. The lowest BCUT2D eigenvalue weighted by Crippen LogP contribution is -2.72. The van der Waals surface area contributed by atoms with Gasteiger partial charge in [-0.1, -0.05) is 0 Å². The highest BCUT2D eigenvalue weighted by atomic mass is 19.1. The minimum Gasteiger partial charge on any atom is -0.477 e. The molecule has 0 aliphatic carbocycles. The van der Waals surface area contributed by atoms with Gasteiger partial charge in [-0.05, 0) is 0 Å². The molecule has 1 rings (SSSR count). The molecule has 0 aromatic heterocycles. The Morgan fingerprint density at radius 1 is 1.41 bits per heavy atom. The van der Waals surface area contributed by atoms with Crippen molar-refractivity contribution in [3.05, 3.63) is 0 Å². The Morgan fingerprint density at radius 2 is 1.95 bits per heavy atom. The van der Waals surface area contributed by atoms with Gasteiger partial charge >= 0.3 is 11.8 Å². The summed E-state index contributed by atoms with van der Waals surface area (Å²) in [7, 11) is 0. The zero-order valence-electron chi connectivity index (χ0n) is 11.5. The lowest BCUT2D eigenvalue weighted by molar-refractivity contribution is -0.320. The van der Waals surface area contributed by atoms with Crippen molar-refractivity contribution < 1.29 is 49.4 Å². The van der Waals surface area contributed by atoms with Crippen molar-refractivity contribution in [2.24, 2.45) is 0 Å². The number of carboxylic acids is 1. The fraction of sp³-hybridized carbons (Fsp3) is 0.818. The number of aliphatic hydroxyl groups is 5. The van der Waals surface area contributed by atoms with E-state index in [9.17, 15) is 34.4 Å². The van der Waals surface area contributed by atoms with Gasteiger partial charge in [0.1, 0.15) is 24.4 Å². The van der Waals surface area contributed by atoms with Crippen LogP contribution in [0.2, 0.25) is 0 Å². The molecule has 22 heavy (non-hydrogen) atoms. The Balaban J connectivity index is 3.19. The molecule has 0 aromatic rings. The van der Waals surface area contributed by atoms with E-state index in [1.807, 2.05) is 5.32 Å². The first-order valence-corrected chi connectivity index (χ1v) is 6.26. The number of hydrogen-bond acceptors (Lipinski definition) is 8. The smallest absolute Gasteiger partial charge is 0.367 e. The number of amides is 1. The van der Waals surface area contributed by atoms with E-state index in [2.05, 4.69) is 4.74 Å². The quantitative estimate of drug-likeness (QED) is 0.266. The summed E-state index contributed by atoms with van der Waals surface area (Å²) in [5.41, 5.74) is 0. The summed E-state index contributed by atoms with van der Waals surface area (Å²) in [6.07, 6.45) is -10.8. The average Bonchev–Trinajstić information content (AvgIpc) is 2.45. The highest BCUT2D eigenvalue weighted by Crippen LogP contribution is 2.32. The third-order valence-corrected chi connectivity index (χ3v) is 3.31. The van der Waals surface area contributed by atoms with E-state index in [0.717, 1.165) is 6.92 Å². The van der Waals surface area contributed by atoms with Crippen molar-refractivity contribution in [3.63, 3.8) is 0 Å². The van der Waals surface area contributed by atoms with E-state index < -0.39 is 60.9 Å². The summed E-state index contributed by atoms with van der Waals surface area (Å²) in [5.74, 6) is -6.43. The van der Waals surface area contributed by atoms with Crippen LogP contribution in [0.25, 0.3) is 0 Å². The third-order valence-electron chi connectivity index (χ3n) is 3.31. The molecule has 11 heteroatoms. The number of halogens is 1. The fourth-order valence-electron chi connectivity index (χ4n) is 2.13. The van der Waals surface area contributed by atoms with Crippen LogP contribution in [-0.2, 0) is 14.3 Å². The van der Waals surface area contributed by atoms with Crippen molar-refractivity contribution in [1.82, 2.24) is 5.32 Å². The Kier molecular flexibility index (Phi) is 5.78. The number of aliphatic carboxylic acids is 1. The standard InChI is InChI=1S/C11H18FNO9/c1-3(15)13-5-7(18)9(12)11(21,10(19)20)22-8(5)6(17)4(16)2-14/h4-9,14,16-18,21H,2H2,1H3,(H,13,15)(H,19,20)/t4-,5-,6-,7-,8-,9-,11+/m1/s1. The molecule has 1 fully saturated rings. The lowest BCUT2D eigenvalue weighted by atomic mass is 9.87. The summed E-state index contributed by atoms with van der Waals surface area (Å²) >= 11 is 0. The van der Waals surface area contributed by atoms with Crippen molar-refractivity contribution in [2.45, 2.75) is 49.3 Å². The van der Waals surface area contributed by atoms with E-state index in [4.69, 9.17) is 10.2 Å². The number of alkyl halides is 1. The largest absolute Gasteiger partial charge is 0.477 e. The molecule has 1 saturated heterocycles. The predicted octanol–water partition coefficient (Wildman–Crippen LogP) is -3.92. The second-order valence-corrected chi connectivity index (χ2v) is 4.94. The first-order chi connectivity index (χ1) is 10.1. The molecule has 1 aliphatic rings. The van der Waals surface area contributed by atoms with Gasteiger partial charge in [0, 0.05) is 6.92 Å². The van der Waals surface area contributed by atoms with Gasteiger partial charge in [0.2, 0.25) is 5.91 Å². The molecule has 7 N–H and O–H groups in total. The summed E-state index contributed by atoms with van der Waals surface area (Å²) in [6, 6.07) is -1.66. The van der Waals surface area contributed by atoms with E-state index >= 15 is 0 Å². The van der Waals surface area contributed by atoms with Gasteiger partial charge < -0.3 is 40.7 Å². The van der Waals surface area contributed by atoms with Gasteiger partial charge in [0.25, 0.3) is 0 Å². The average molecular weight is 327 g/mol. The monoisotopic (exact) mass is 327 g/mol. The summed E-state index contributed by atoms with van der Waals surface area (Å²) < 4.78 is 18.5. The minimum absolute atomic E-state index is 0.767. The molecule has 0 radical (unpaired) electrons. The first-order valence-electron chi connectivity index (χ1n) is 6.26. The number of nitrogens with one attached hydrogen (secondary N) is 1. The molecule has 0 spiro atoms. The minimum atomic E-state index is -3.49. The van der Waals surface area contributed by atoms with Gasteiger partial charge in [0.15, 0.2) is 6.17 Å². The maximum Gasteiger partial charge on any atom is 0.367 e. The molecule has 1 heterocycles. The molecule has 0 unspecified atom stereocenters. The highest BCUT2D eigenvalue weighted by molar-refractivity contribution is 5.77. The first kappa shape index (κ1) is 18.7. The van der Waals surface area contributed by atoms with Crippen molar-refractivity contribution in [3.8, 4) is 0 Å². The van der Waals surface area contributed by atoms with Crippen LogP contribution in [-0.4, -0.2) is 91.5 Å². The Labute approximate surface area is 123 Å². The van der Waals surface area contributed by atoms with Gasteiger partial charge in [-0.3, -0.25) is 4.79 Å². The number of rotatable bonds is 5. The highest BCUT2D eigenvalue weighted by Gasteiger charge is 2.61. The molecular weight excluding hydrogens is 309 g/mol. The van der Waals surface area contributed by atoms with Crippen molar-refractivity contribution >= 4 is 11.9 Å². The predicted molar refractivity (Wildman–Crippen MR) is 65.1 cm³/mol. The number of hydrogen-bond donors (Lipinski definition) is 7. The number of carbonyl (C=O) groups excluding carboxylic acids is 1. The normalized spacial score (nSPS) is 38.1. The molecular formula is C11H18FNO9. The number of ether oxygens (including phenoxy) is 1. The van der Waals surface area contributed by atoms with Gasteiger partial charge in [-0.25, -0.2) is 9.18 Å². The second-order valence-electron chi connectivity index (χ2n) is 4.94. The fourth-order valence-corrected chi connectivity index (χ4v) is 2.13. The molecule has 7 atom stereocenters. The lowest BCUT2D eigenvalue weighted by Gasteiger charge is -2.46. The zero-order valence-corrected chi connectivity index (χ0v) is 11.5. The number of aliphatic hydroxyl groups excluding tert-OH is 4. The zero-order chi connectivity index (χ0) is 17.2. The summed E-state index contributed by atoms with van der Waals surface area (Å²) in [4.78, 5) is 22.1. The molecule has 128 valence electrons. The van der Waals surface area contributed by atoms with Crippen LogP contribution >= 0.6 is 0 Å². The van der Waals surface area contributed by atoms with Crippen LogP contribution in [0.1, 0.15) is 6.92 Å². The molecule has 1 aliphatic heterocycles. The van der Waals surface area contributed by atoms with Crippen LogP contribution in [0.3, 0.4) is 0 Å². The molecule has 10 nitrogen and oxygen atoms in total. The number of carboxylic acid groups (broad SMARTS) is 1. The second kappa shape index (κ2) is 6.81. The van der Waals surface area contributed by atoms with Gasteiger partial charge in [0.05, 0.1) is 12.6 Å². The molecule has 0 bridgehead atoms. The summed E-state index contributed by atoms with van der Waals surface area (Å²) in [5, 5.41) is 58.4. The van der Waals surface area contributed by atoms with Crippen LogP contribution in [0.4, 0.5) is 4.39 Å². The maximum absolute atomic E-state index is 13.9. The van der Waals surface area contributed by atoms with Crippen molar-refractivity contribution in [2.75, 3.05) is 6.61 Å². The van der Waals surface area contributed by atoms with E-state index in [1.54, 1.807) is 0 Å². The third kappa shape index (κ3) is 3.34. The van der Waals surface area contributed by atoms with Crippen LogP contribution in [0.5, 0.6) is 0 Å². The molecule has 0 aromatic carbocycles.